The van der Waals surface area contributed by atoms with E-state index in [9.17, 15) is 0 Å². The summed E-state index contributed by atoms with van der Waals surface area (Å²) in [7, 11) is 0. The topological polar surface area (TPSA) is 21.3 Å². The largest absolute Gasteiger partial charge is 0.272 e. The predicted molar refractivity (Wildman–Crippen MR) is 65.6 cm³/mol. The van der Waals surface area contributed by atoms with Crippen molar-refractivity contribution < 1.29 is 4.84 Å². The molecule has 0 bridgehead atoms. The minimum atomic E-state index is 0.713. The molecule has 0 amide bonds. The van der Waals surface area contributed by atoms with E-state index in [2.05, 4.69) is 39.8 Å². The number of hydrogen-bond acceptors (Lipinski definition) is 3. The molecule has 0 aromatic heterocycles. The van der Waals surface area contributed by atoms with Crippen LogP contribution in [0.15, 0.2) is 27.1 Å². The first-order valence-electron chi connectivity index (χ1n) is 4.77. The van der Waals surface area contributed by atoms with Crippen LogP contribution in [0.25, 0.3) is 5.70 Å². The van der Waals surface area contributed by atoms with Crippen molar-refractivity contribution >= 4 is 33.4 Å². The molecule has 1 aromatic rings. The second-order valence-corrected chi connectivity index (χ2v) is 5.35. The highest BCUT2D eigenvalue weighted by Gasteiger charge is 2.29. The fourth-order valence-corrected chi connectivity index (χ4v) is 3.24. The Morgan fingerprint density at radius 3 is 3.13 bits per heavy atom. The maximum Gasteiger partial charge on any atom is 0.0984 e. The van der Waals surface area contributed by atoms with Gasteiger partial charge in [0.15, 0.2) is 0 Å². The molecule has 78 valence electrons. The van der Waals surface area contributed by atoms with E-state index in [4.69, 9.17) is 4.84 Å². The van der Waals surface area contributed by atoms with E-state index in [1.165, 1.54) is 31.8 Å². The van der Waals surface area contributed by atoms with Gasteiger partial charge in [0, 0.05) is 14.9 Å². The van der Waals surface area contributed by atoms with Crippen LogP contribution in [0.1, 0.15) is 11.1 Å². The van der Waals surface area contributed by atoms with E-state index in [-0.39, 0.29) is 0 Å². The summed E-state index contributed by atoms with van der Waals surface area (Å²) in [5.74, 6) is 0. The second-order valence-electron chi connectivity index (χ2n) is 3.65. The molecule has 0 fully saturated rings. The molecule has 1 aromatic carbocycles. The van der Waals surface area contributed by atoms with Gasteiger partial charge in [0.1, 0.15) is 0 Å². The van der Waals surface area contributed by atoms with Crippen LogP contribution >= 0.6 is 27.7 Å². The van der Waals surface area contributed by atoms with Crippen LogP contribution in [-0.4, -0.2) is 12.9 Å². The highest BCUT2D eigenvalue weighted by molar-refractivity contribution is 9.10. The van der Waals surface area contributed by atoms with E-state index in [1.807, 2.05) is 0 Å². The first kappa shape index (κ1) is 9.75. The van der Waals surface area contributed by atoms with Gasteiger partial charge in [-0.05, 0) is 35.9 Å². The summed E-state index contributed by atoms with van der Waals surface area (Å²) in [6.45, 7) is 0.713. The van der Waals surface area contributed by atoms with Crippen LogP contribution in [0.5, 0.6) is 0 Å². The van der Waals surface area contributed by atoms with Crippen LogP contribution in [0, 0.1) is 0 Å². The second kappa shape index (κ2) is 3.54. The Balaban J connectivity index is 2.22. The zero-order valence-corrected chi connectivity index (χ0v) is 10.7. The number of halogens is 1. The number of rotatable bonds is 1. The third kappa shape index (κ3) is 1.35. The lowest BCUT2D eigenvalue weighted by Crippen LogP contribution is -2.07. The normalized spacial score (nSPS) is 17.7. The Hall–Kier alpha value is -0.450. The highest BCUT2D eigenvalue weighted by Crippen LogP contribution is 2.42. The Labute approximate surface area is 101 Å². The van der Waals surface area contributed by atoms with E-state index in [0.29, 0.717) is 6.61 Å². The molecule has 1 aliphatic heterocycles. The van der Waals surface area contributed by atoms with Gasteiger partial charge < -0.3 is 0 Å². The SMILES string of the molecule is CSc1ccc(Br)c2c1C1=C(CON1)C2. The number of hydroxylamine groups is 1. The summed E-state index contributed by atoms with van der Waals surface area (Å²) in [5, 5.41) is 0. The van der Waals surface area contributed by atoms with E-state index >= 15 is 0 Å². The van der Waals surface area contributed by atoms with Crippen molar-refractivity contribution in [1.29, 1.82) is 0 Å². The van der Waals surface area contributed by atoms with Crippen molar-refractivity contribution in [1.82, 2.24) is 5.48 Å². The molecule has 0 saturated heterocycles. The Morgan fingerprint density at radius 1 is 1.47 bits per heavy atom. The highest BCUT2D eigenvalue weighted by atomic mass is 79.9. The summed E-state index contributed by atoms with van der Waals surface area (Å²) in [4.78, 5) is 6.58. The molecule has 0 spiro atoms. The smallest absolute Gasteiger partial charge is 0.0984 e. The quantitative estimate of drug-likeness (QED) is 0.801. The lowest BCUT2D eigenvalue weighted by atomic mass is 10.1. The summed E-state index contributed by atoms with van der Waals surface area (Å²) in [5.41, 5.74) is 8.30. The number of thioether (sulfide) groups is 1. The molecule has 0 atom stereocenters. The number of hydrogen-bond donors (Lipinski definition) is 1. The molecular weight excluding hydrogens is 274 g/mol. The molecule has 1 aliphatic carbocycles. The Morgan fingerprint density at radius 2 is 2.33 bits per heavy atom. The minimum absolute atomic E-state index is 0.713. The van der Waals surface area contributed by atoms with Crippen molar-refractivity contribution in [3.8, 4) is 0 Å². The predicted octanol–water partition coefficient (Wildman–Crippen LogP) is 2.97. The van der Waals surface area contributed by atoms with Crippen molar-refractivity contribution in [2.45, 2.75) is 11.3 Å². The fraction of sp³-hybridized carbons (Fsp3) is 0.273. The third-order valence-corrected chi connectivity index (χ3v) is 4.37. The molecule has 2 nitrogen and oxygen atoms in total. The molecule has 15 heavy (non-hydrogen) atoms. The lowest BCUT2D eigenvalue weighted by Gasteiger charge is -2.11. The monoisotopic (exact) mass is 283 g/mol. The van der Waals surface area contributed by atoms with Crippen LogP contribution < -0.4 is 5.48 Å². The first-order chi connectivity index (χ1) is 7.31. The Kier molecular flexibility index (Phi) is 2.30. The van der Waals surface area contributed by atoms with Crippen LogP contribution in [0.4, 0.5) is 0 Å². The van der Waals surface area contributed by atoms with Gasteiger partial charge >= 0.3 is 0 Å². The maximum absolute atomic E-state index is 5.26. The molecule has 1 N–H and O–H groups in total. The van der Waals surface area contributed by atoms with Crippen LogP contribution in [-0.2, 0) is 11.3 Å². The molecule has 4 heteroatoms. The van der Waals surface area contributed by atoms with Crippen molar-refractivity contribution in [3.05, 3.63) is 33.3 Å². The molecule has 3 rings (SSSR count). The average Bonchev–Trinajstić information content (AvgIpc) is 2.79. The molecule has 0 saturated carbocycles. The van der Waals surface area contributed by atoms with Crippen molar-refractivity contribution in [2.24, 2.45) is 0 Å². The van der Waals surface area contributed by atoms with E-state index in [0.717, 1.165) is 6.42 Å². The first-order valence-corrected chi connectivity index (χ1v) is 6.78. The van der Waals surface area contributed by atoms with Gasteiger partial charge in [0.25, 0.3) is 0 Å². The number of benzene rings is 1. The molecule has 0 radical (unpaired) electrons. The van der Waals surface area contributed by atoms with Crippen molar-refractivity contribution in [2.75, 3.05) is 12.9 Å². The maximum atomic E-state index is 5.26. The van der Waals surface area contributed by atoms with Gasteiger partial charge in [-0.1, -0.05) is 15.9 Å². The van der Waals surface area contributed by atoms with Crippen LogP contribution in [0.3, 0.4) is 0 Å². The third-order valence-electron chi connectivity index (χ3n) is 2.85. The number of nitrogens with one attached hydrogen (secondary N) is 1. The van der Waals surface area contributed by atoms with Gasteiger partial charge in [-0.25, -0.2) is 0 Å². The zero-order valence-electron chi connectivity index (χ0n) is 8.26. The van der Waals surface area contributed by atoms with Gasteiger partial charge in [0.05, 0.1) is 12.3 Å². The lowest BCUT2D eigenvalue weighted by molar-refractivity contribution is 0.116. The standard InChI is InChI=1S/C11H10BrNOS/c1-15-9-3-2-8(12)7-4-6-5-14-13-11(6)10(7)9/h2-3,13H,4-5H2,1H3. The van der Waals surface area contributed by atoms with Crippen LogP contribution in [0.2, 0.25) is 0 Å². The molecular formula is C11H10BrNOS. The van der Waals surface area contributed by atoms with E-state index in [1.54, 1.807) is 11.8 Å². The molecule has 1 heterocycles. The minimum Gasteiger partial charge on any atom is -0.272 e. The van der Waals surface area contributed by atoms with E-state index < -0.39 is 0 Å². The van der Waals surface area contributed by atoms with Gasteiger partial charge in [-0.3, -0.25) is 10.3 Å². The van der Waals surface area contributed by atoms with Gasteiger partial charge in [-0.2, -0.15) is 0 Å². The fourth-order valence-electron chi connectivity index (χ4n) is 2.14. The summed E-state index contributed by atoms with van der Waals surface area (Å²) < 4.78 is 1.20. The Bertz CT molecular complexity index is 470. The summed E-state index contributed by atoms with van der Waals surface area (Å²) in [6.07, 6.45) is 3.12. The average molecular weight is 284 g/mol. The molecule has 2 aliphatic rings. The summed E-state index contributed by atoms with van der Waals surface area (Å²) >= 11 is 5.40. The number of fused-ring (bicyclic) bond motifs is 2. The summed E-state index contributed by atoms with van der Waals surface area (Å²) in [6, 6.07) is 4.29. The molecule has 0 unspecified atom stereocenters. The van der Waals surface area contributed by atoms with Crippen molar-refractivity contribution in [3.63, 3.8) is 0 Å². The zero-order chi connectivity index (χ0) is 10.4. The van der Waals surface area contributed by atoms with Gasteiger partial charge in [0.2, 0.25) is 0 Å². The van der Waals surface area contributed by atoms with Gasteiger partial charge in [-0.15, -0.1) is 11.8 Å².